The van der Waals surface area contributed by atoms with Crippen molar-refractivity contribution in [3.63, 3.8) is 0 Å². The van der Waals surface area contributed by atoms with Crippen molar-refractivity contribution in [1.29, 1.82) is 0 Å². The van der Waals surface area contributed by atoms with Crippen LogP contribution in [0.5, 0.6) is 17.2 Å². The van der Waals surface area contributed by atoms with Crippen LogP contribution in [0.25, 0.3) is 22.2 Å². The maximum absolute atomic E-state index is 13.6. The van der Waals surface area contributed by atoms with Crippen molar-refractivity contribution in [2.24, 2.45) is 0 Å². The van der Waals surface area contributed by atoms with Crippen molar-refractivity contribution in [3.05, 3.63) is 71.8 Å². The Morgan fingerprint density at radius 2 is 1.50 bits per heavy atom. The number of carbonyl (C=O) groups excluding carboxylic acids is 2. The molecular formula is C28H27N3O5. The highest BCUT2D eigenvalue weighted by Gasteiger charge is 2.19. The molecule has 36 heavy (non-hydrogen) atoms. The van der Waals surface area contributed by atoms with Crippen LogP contribution in [0.4, 0.5) is 11.4 Å². The number of methoxy groups -OCH3 is 3. The van der Waals surface area contributed by atoms with Crippen LogP contribution in [0.1, 0.15) is 22.8 Å². The number of aryl methyl sites for hydroxylation is 1. The van der Waals surface area contributed by atoms with E-state index in [-0.39, 0.29) is 11.8 Å². The third-order valence-corrected chi connectivity index (χ3v) is 5.66. The molecule has 2 N–H and O–H groups in total. The van der Waals surface area contributed by atoms with Gasteiger partial charge in [-0.05, 0) is 48.9 Å². The fourth-order valence-electron chi connectivity index (χ4n) is 3.99. The lowest BCUT2D eigenvalue weighted by Crippen LogP contribution is -2.16. The molecule has 1 heterocycles. The van der Waals surface area contributed by atoms with Crippen molar-refractivity contribution in [2.75, 3.05) is 32.0 Å². The molecule has 184 valence electrons. The first-order valence-corrected chi connectivity index (χ1v) is 11.2. The predicted molar refractivity (Wildman–Crippen MR) is 140 cm³/mol. The van der Waals surface area contributed by atoms with Gasteiger partial charge in [0.25, 0.3) is 5.91 Å². The zero-order valence-corrected chi connectivity index (χ0v) is 20.8. The zero-order valence-electron chi connectivity index (χ0n) is 20.8. The van der Waals surface area contributed by atoms with Gasteiger partial charge < -0.3 is 24.8 Å². The highest BCUT2D eigenvalue weighted by molar-refractivity contribution is 6.14. The highest BCUT2D eigenvalue weighted by atomic mass is 16.5. The van der Waals surface area contributed by atoms with Crippen LogP contribution in [0.3, 0.4) is 0 Å². The predicted octanol–water partition coefficient (Wildman–Crippen LogP) is 5.45. The summed E-state index contributed by atoms with van der Waals surface area (Å²) in [6.45, 7) is 3.34. The Bertz CT molecular complexity index is 1440. The summed E-state index contributed by atoms with van der Waals surface area (Å²) < 4.78 is 16.4. The van der Waals surface area contributed by atoms with E-state index in [1.165, 1.54) is 14.0 Å². The van der Waals surface area contributed by atoms with Crippen LogP contribution >= 0.6 is 0 Å². The highest BCUT2D eigenvalue weighted by Crippen LogP contribution is 2.41. The number of aromatic nitrogens is 1. The summed E-state index contributed by atoms with van der Waals surface area (Å²) in [5.74, 6) is 0.861. The topological polar surface area (TPSA) is 98.8 Å². The number of hydrogen-bond donors (Lipinski definition) is 2. The molecule has 0 aliphatic rings. The lowest BCUT2D eigenvalue weighted by atomic mass is 10.0. The second-order valence-corrected chi connectivity index (χ2v) is 8.17. The lowest BCUT2D eigenvalue weighted by Gasteiger charge is -2.16. The first kappa shape index (κ1) is 24.5. The van der Waals surface area contributed by atoms with Crippen molar-refractivity contribution >= 4 is 34.1 Å². The van der Waals surface area contributed by atoms with Crippen molar-refractivity contribution in [2.45, 2.75) is 13.8 Å². The van der Waals surface area contributed by atoms with Gasteiger partial charge in [0.1, 0.15) is 0 Å². The molecule has 0 spiro atoms. The molecule has 0 saturated heterocycles. The minimum Gasteiger partial charge on any atom is -0.493 e. The molecule has 8 nitrogen and oxygen atoms in total. The van der Waals surface area contributed by atoms with Crippen molar-refractivity contribution in [3.8, 4) is 28.5 Å². The van der Waals surface area contributed by atoms with Gasteiger partial charge in [-0.2, -0.15) is 0 Å². The Hall–Kier alpha value is -4.59. The minimum absolute atomic E-state index is 0.228. The maximum atomic E-state index is 13.6. The summed E-state index contributed by atoms with van der Waals surface area (Å²) in [4.78, 5) is 30.0. The van der Waals surface area contributed by atoms with E-state index < -0.39 is 0 Å². The number of pyridine rings is 1. The summed E-state index contributed by atoms with van der Waals surface area (Å²) in [6, 6.07) is 18.2. The van der Waals surface area contributed by atoms with E-state index in [0.29, 0.717) is 56.3 Å². The molecule has 0 unspecified atom stereocenters. The summed E-state index contributed by atoms with van der Waals surface area (Å²) >= 11 is 0. The summed E-state index contributed by atoms with van der Waals surface area (Å²) in [7, 11) is 4.63. The molecule has 0 fully saturated rings. The molecule has 0 saturated carbocycles. The van der Waals surface area contributed by atoms with Gasteiger partial charge in [-0.25, -0.2) is 4.98 Å². The Morgan fingerprint density at radius 1 is 0.806 bits per heavy atom. The molecule has 3 aromatic carbocycles. The number of fused-ring (bicyclic) bond motifs is 1. The van der Waals surface area contributed by atoms with Crippen LogP contribution < -0.4 is 24.8 Å². The van der Waals surface area contributed by atoms with Gasteiger partial charge in [-0.1, -0.05) is 24.3 Å². The number of amides is 2. The number of nitrogens with zero attached hydrogens (tertiary/aromatic N) is 1. The average molecular weight is 486 g/mol. The number of anilines is 2. The summed E-state index contributed by atoms with van der Waals surface area (Å²) in [6.07, 6.45) is 0. The molecule has 8 heteroatoms. The number of ether oxygens (including phenoxy) is 3. The number of benzene rings is 3. The fraction of sp³-hybridized carbons (Fsp3) is 0.179. The second-order valence-electron chi connectivity index (χ2n) is 8.17. The van der Waals surface area contributed by atoms with E-state index in [1.807, 2.05) is 43.3 Å². The van der Waals surface area contributed by atoms with Crippen LogP contribution in [0, 0.1) is 6.92 Å². The molecular weight excluding hydrogens is 458 g/mol. The molecule has 0 radical (unpaired) electrons. The van der Waals surface area contributed by atoms with Crippen LogP contribution in [-0.2, 0) is 4.79 Å². The van der Waals surface area contributed by atoms with Gasteiger partial charge >= 0.3 is 0 Å². The quantitative estimate of drug-likeness (QED) is 0.361. The van der Waals surface area contributed by atoms with Gasteiger partial charge in [-0.3, -0.25) is 9.59 Å². The largest absolute Gasteiger partial charge is 0.493 e. The number of nitrogens with one attached hydrogen (secondary N) is 2. The number of rotatable bonds is 7. The SMILES string of the molecule is COc1cc(-c2cc(C(=O)Nc3cc(C)ccc3NC(C)=O)c3ccccc3n2)cc(OC)c1OC. The summed E-state index contributed by atoms with van der Waals surface area (Å²) in [5, 5.41) is 6.41. The summed E-state index contributed by atoms with van der Waals surface area (Å²) in [5.41, 5.74) is 4.30. The van der Waals surface area contributed by atoms with Gasteiger partial charge in [0.2, 0.25) is 11.7 Å². The number of carbonyl (C=O) groups is 2. The monoisotopic (exact) mass is 485 g/mol. The van der Waals surface area contributed by atoms with Crippen molar-refractivity contribution < 1.29 is 23.8 Å². The van der Waals surface area contributed by atoms with Gasteiger partial charge in [0.15, 0.2) is 11.5 Å². The number of hydrogen-bond acceptors (Lipinski definition) is 6. The van der Waals surface area contributed by atoms with Gasteiger partial charge in [0, 0.05) is 17.9 Å². The van der Waals surface area contributed by atoms with E-state index in [9.17, 15) is 9.59 Å². The average Bonchev–Trinajstić information content (AvgIpc) is 2.88. The van der Waals surface area contributed by atoms with E-state index in [0.717, 1.165) is 5.56 Å². The lowest BCUT2D eigenvalue weighted by molar-refractivity contribution is -0.114. The third-order valence-electron chi connectivity index (χ3n) is 5.66. The van der Waals surface area contributed by atoms with Gasteiger partial charge in [-0.15, -0.1) is 0 Å². The van der Waals surface area contributed by atoms with E-state index >= 15 is 0 Å². The molecule has 4 aromatic rings. The van der Waals surface area contributed by atoms with Gasteiger partial charge in [0.05, 0.1) is 49.5 Å². The molecule has 2 amide bonds. The molecule has 0 bridgehead atoms. The number of para-hydroxylation sites is 1. The van der Waals surface area contributed by atoms with Crippen LogP contribution in [0.15, 0.2) is 60.7 Å². The van der Waals surface area contributed by atoms with E-state index in [2.05, 4.69) is 10.6 Å². The molecule has 4 rings (SSSR count). The first-order valence-electron chi connectivity index (χ1n) is 11.2. The standard InChI is InChI=1S/C28H27N3O5/c1-16-10-11-22(29-17(2)32)24(12-16)31-28(33)20-15-23(30-21-9-7-6-8-19(20)21)18-13-25(34-3)27(36-5)26(14-18)35-4/h6-15H,1-5H3,(H,29,32)(H,31,33). The molecule has 0 aliphatic heterocycles. The zero-order chi connectivity index (χ0) is 25.8. The normalized spacial score (nSPS) is 10.6. The Morgan fingerprint density at radius 3 is 2.14 bits per heavy atom. The van der Waals surface area contributed by atoms with E-state index in [4.69, 9.17) is 19.2 Å². The molecule has 0 aliphatic carbocycles. The Balaban J connectivity index is 1.84. The maximum Gasteiger partial charge on any atom is 0.256 e. The minimum atomic E-state index is -0.334. The van der Waals surface area contributed by atoms with E-state index in [1.54, 1.807) is 38.5 Å². The Kier molecular flexibility index (Phi) is 7.05. The first-order chi connectivity index (χ1) is 17.3. The van der Waals surface area contributed by atoms with Crippen molar-refractivity contribution in [1.82, 2.24) is 4.98 Å². The fourth-order valence-corrected chi connectivity index (χ4v) is 3.99. The smallest absolute Gasteiger partial charge is 0.256 e. The molecule has 0 atom stereocenters. The van der Waals surface area contributed by atoms with Crippen LogP contribution in [-0.4, -0.2) is 38.1 Å². The van der Waals surface area contributed by atoms with Crippen LogP contribution in [0.2, 0.25) is 0 Å². The molecule has 1 aromatic heterocycles. The Labute approximate surface area is 209 Å². The third kappa shape index (κ3) is 4.93. The second kappa shape index (κ2) is 10.4.